The molecule has 1 aromatic rings. The topological polar surface area (TPSA) is 37.3 Å². The Balaban J connectivity index is 2.55. The van der Waals surface area contributed by atoms with Crippen LogP contribution < -0.4 is 0 Å². The minimum atomic E-state index is -0.708. The number of carbonyl (C=O) groups is 1. The molecule has 0 aliphatic rings. The predicted octanol–water partition coefficient (Wildman–Crippen LogP) is 2.64. The van der Waals surface area contributed by atoms with Gasteiger partial charge in [-0.3, -0.25) is 4.79 Å². The average molecular weight is 224 g/mol. The summed E-state index contributed by atoms with van der Waals surface area (Å²) in [6, 6.07) is 9.75. The fourth-order valence-corrected chi connectivity index (χ4v) is 1.73. The van der Waals surface area contributed by atoms with Gasteiger partial charge in [-0.1, -0.05) is 30.3 Å². The van der Waals surface area contributed by atoms with Crippen molar-refractivity contribution >= 4 is 18.6 Å². The molecule has 0 saturated heterocycles. The first-order chi connectivity index (χ1) is 7.24. The van der Waals surface area contributed by atoms with Crippen LogP contribution >= 0.6 is 12.6 Å². The van der Waals surface area contributed by atoms with Crippen LogP contribution in [0.3, 0.4) is 0 Å². The molecule has 0 radical (unpaired) electrons. The third-order valence-electron chi connectivity index (χ3n) is 2.38. The summed E-state index contributed by atoms with van der Waals surface area (Å²) in [5.41, 5.74) is 1.09. The van der Waals surface area contributed by atoms with Crippen molar-refractivity contribution in [3.63, 3.8) is 0 Å². The minimum Gasteiger partial charge on any atom is -0.481 e. The summed E-state index contributed by atoms with van der Waals surface area (Å²) >= 11 is 4.10. The van der Waals surface area contributed by atoms with E-state index in [1.165, 1.54) is 0 Å². The molecule has 1 N–H and O–H groups in total. The Morgan fingerprint density at radius 3 is 2.53 bits per heavy atom. The summed E-state index contributed by atoms with van der Waals surface area (Å²) in [6.45, 7) is 0. The zero-order valence-electron chi connectivity index (χ0n) is 8.60. The summed E-state index contributed by atoms with van der Waals surface area (Å²) < 4.78 is 0. The second-order valence-corrected chi connectivity index (χ2v) is 4.04. The van der Waals surface area contributed by atoms with Crippen molar-refractivity contribution < 1.29 is 9.90 Å². The lowest BCUT2D eigenvalue weighted by molar-refractivity contribution is -0.141. The van der Waals surface area contributed by atoms with Gasteiger partial charge < -0.3 is 5.11 Å². The molecule has 82 valence electrons. The Hall–Kier alpha value is -0.960. The van der Waals surface area contributed by atoms with Gasteiger partial charge in [0.1, 0.15) is 0 Å². The van der Waals surface area contributed by atoms with Gasteiger partial charge in [0, 0.05) is 0 Å². The fourth-order valence-electron chi connectivity index (χ4n) is 1.55. The molecule has 0 aliphatic carbocycles. The molecule has 0 aromatic heterocycles. The summed E-state index contributed by atoms with van der Waals surface area (Å²) in [5.74, 6) is -0.237. The highest BCUT2D eigenvalue weighted by atomic mass is 32.1. The van der Waals surface area contributed by atoms with Crippen LogP contribution in [0.2, 0.25) is 0 Å². The minimum absolute atomic E-state index is 0.278. The standard InChI is InChI=1S/C12H16O2S/c13-12(14)11(7-4-8-15)9-10-5-2-1-3-6-10/h1-3,5-6,11,15H,4,7-9H2,(H,13,14). The lowest BCUT2D eigenvalue weighted by Crippen LogP contribution is -2.16. The number of carboxylic acids is 1. The van der Waals surface area contributed by atoms with Gasteiger partial charge in [-0.25, -0.2) is 0 Å². The molecule has 3 heteroatoms. The zero-order chi connectivity index (χ0) is 11.1. The van der Waals surface area contributed by atoms with Gasteiger partial charge in [0.15, 0.2) is 0 Å². The quantitative estimate of drug-likeness (QED) is 0.729. The first kappa shape index (κ1) is 12.1. The molecule has 15 heavy (non-hydrogen) atoms. The maximum atomic E-state index is 11.0. The number of thiol groups is 1. The predicted molar refractivity (Wildman–Crippen MR) is 64.4 cm³/mol. The van der Waals surface area contributed by atoms with Crippen molar-refractivity contribution in [1.29, 1.82) is 0 Å². The molecule has 1 unspecified atom stereocenters. The van der Waals surface area contributed by atoms with Crippen LogP contribution in [0.5, 0.6) is 0 Å². The first-order valence-electron chi connectivity index (χ1n) is 5.11. The van der Waals surface area contributed by atoms with E-state index in [2.05, 4.69) is 12.6 Å². The monoisotopic (exact) mass is 224 g/mol. The number of benzene rings is 1. The van der Waals surface area contributed by atoms with E-state index in [0.29, 0.717) is 12.8 Å². The lowest BCUT2D eigenvalue weighted by Gasteiger charge is -2.11. The lowest BCUT2D eigenvalue weighted by atomic mass is 9.95. The van der Waals surface area contributed by atoms with Crippen LogP contribution in [0.25, 0.3) is 0 Å². The number of aliphatic carboxylic acids is 1. The molecule has 0 amide bonds. The van der Waals surface area contributed by atoms with Gasteiger partial charge in [-0.15, -0.1) is 0 Å². The normalized spacial score (nSPS) is 12.3. The van der Waals surface area contributed by atoms with Gasteiger partial charge >= 0.3 is 5.97 Å². The molecule has 1 aromatic carbocycles. The van der Waals surface area contributed by atoms with Gasteiger partial charge in [-0.2, -0.15) is 12.6 Å². The largest absolute Gasteiger partial charge is 0.481 e. The van der Waals surface area contributed by atoms with Gasteiger partial charge in [-0.05, 0) is 30.6 Å². The molecular weight excluding hydrogens is 208 g/mol. The molecule has 1 atom stereocenters. The average Bonchev–Trinajstić information content (AvgIpc) is 2.25. The fraction of sp³-hybridized carbons (Fsp3) is 0.417. The number of carboxylic acid groups (broad SMARTS) is 1. The molecule has 2 nitrogen and oxygen atoms in total. The van der Waals surface area contributed by atoms with Crippen LogP contribution in [-0.4, -0.2) is 16.8 Å². The van der Waals surface area contributed by atoms with Gasteiger partial charge in [0.05, 0.1) is 5.92 Å². The Morgan fingerprint density at radius 2 is 2.00 bits per heavy atom. The number of rotatable bonds is 6. The molecule has 1 rings (SSSR count). The first-order valence-corrected chi connectivity index (χ1v) is 5.75. The smallest absolute Gasteiger partial charge is 0.306 e. The maximum absolute atomic E-state index is 11.0. The van der Waals surface area contributed by atoms with E-state index in [9.17, 15) is 4.79 Å². The van der Waals surface area contributed by atoms with E-state index in [4.69, 9.17) is 5.11 Å². The maximum Gasteiger partial charge on any atom is 0.306 e. The molecule has 0 fully saturated rings. The third kappa shape index (κ3) is 4.38. The summed E-state index contributed by atoms with van der Waals surface area (Å²) in [5, 5.41) is 9.04. The van der Waals surface area contributed by atoms with E-state index < -0.39 is 5.97 Å². The van der Waals surface area contributed by atoms with Crippen molar-refractivity contribution in [2.75, 3.05) is 5.75 Å². The van der Waals surface area contributed by atoms with Gasteiger partial charge in [0.2, 0.25) is 0 Å². The van der Waals surface area contributed by atoms with E-state index in [0.717, 1.165) is 17.7 Å². The summed E-state index contributed by atoms with van der Waals surface area (Å²) in [4.78, 5) is 11.0. The van der Waals surface area contributed by atoms with E-state index in [1.807, 2.05) is 30.3 Å². The SMILES string of the molecule is O=C(O)C(CCCS)Cc1ccccc1. The van der Waals surface area contributed by atoms with Crippen LogP contribution in [0.15, 0.2) is 30.3 Å². The van der Waals surface area contributed by atoms with Crippen LogP contribution in [-0.2, 0) is 11.2 Å². The molecular formula is C12H16O2S. The zero-order valence-corrected chi connectivity index (χ0v) is 9.49. The second kappa shape index (κ2) is 6.51. The van der Waals surface area contributed by atoms with E-state index in [1.54, 1.807) is 0 Å². The highest BCUT2D eigenvalue weighted by Crippen LogP contribution is 2.14. The second-order valence-electron chi connectivity index (χ2n) is 3.59. The highest BCUT2D eigenvalue weighted by Gasteiger charge is 2.16. The van der Waals surface area contributed by atoms with Crippen molar-refractivity contribution in [2.24, 2.45) is 5.92 Å². The van der Waals surface area contributed by atoms with Crippen molar-refractivity contribution in [2.45, 2.75) is 19.3 Å². The molecule has 0 heterocycles. The highest BCUT2D eigenvalue weighted by molar-refractivity contribution is 7.80. The molecule has 0 saturated carbocycles. The molecule has 0 aliphatic heterocycles. The van der Waals surface area contributed by atoms with Crippen molar-refractivity contribution in [3.05, 3.63) is 35.9 Å². The Kier molecular flexibility index (Phi) is 5.26. The summed E-state index contributed by atoms with van der Waals surface area (Å²) in [7, 11) is 0. The number of hydrogen-bond donors (Lipinski definition) is 2. The molecule has 0 spiro atoms. The Bertz CT molecular complexity index is 298. The molecule has 0 bridgehead atoms. The van der Waals surface area contributed by atoms with Crippen molar-refractivity contribution in [3.8, 4) is 0 Å². The van der Waals surface area contributed by atoms with Crippen LogP contribution in [0.1, 0.15) is 18.4 Å². The van der Waals surface area contributed by atoms with E-state index >= 15 is 0 Å². The third-order valence-corrected chi connectivity index (χ3v) is 2.70. The van der Waals surface area contributed by atoms with Crippen molar-refractivity contribution in [1.82, 2.24) is 0 Å². The number of hydrogen-bond acceptors (Lipinski definition) is 2. The van der Waals surface area contributed by atoms with Crippen LogP contribution in [0, 0.1) is 5.92 Å². The Morgan fingerprint density at radius 1 is 1.33 bits per heavy atom. The Labute approximate surface area is 95.7 Å². The van der Waals surface area contributed by atoms with Crippen LogP contribution in [0.4, 0.5) is 0 Å². The van der Waals surface area contributed by atoms with E-state index in [-0.39, 0.29) is 5.92 Å². The van der Waals surface area contributed by atoms with Gasteiger partial charge in [0.25, 0.3) is 0 Å². The summed E-state index contributed by atoms with van der Waals surface area (Å²) in [6.07, 6.45) is 2.17.